The Morgan fingerprint density at radius 3 is 2.61 bits per heavy atom. The number of ether oxygens (including phenoxy) is 1. The van der Waals surface area contributed by atoms with Crippen molar-refractivity contribution in [2.45, 2.75) is 17.9 Å². The molecule has 0 bridgehead atoms. The number of rotatable bonds is 5. The molecule has 0 aliphatic carbocycles. The van der Waals surface area contributed by atoms with Crippen LogP contribution in [0.15, 0.2) is 35.7 Å². The van der Waals surface area contributed by atoms with Gasteiger partial charge in [-0.15, -0.1) is 0 Å². The van der Waals surface area contributed by atoms with Gasteiger partial charge in [-0.05, 0) is 25.1 Å². The molecule has 0 aromatic heterocycles. The summed E-state index contributed by atoms with van der Waals surface area (Å²) in [6, 6.07) is 3.44. The van der Waals surface area contributed by atoms with Crippen molar-refractivity contribution < 1.29 is 23.1 Å². The van der Waals surface area contributed by atoms with Gasteiger partial charge in [-0.1, -0.05) is 12.7 Å². The molecule has 0 aliphatic rings. The number of carboxylic acids is 1. The maximum absolute atomic E-state index is 11.4. The minimum Gasteiger partial charge on any atom is -0.485 e. The fourth-order valence-corrected chi connectivity index (χ4v) is 2.16. The summed E-state index contributed by atoms with van der Waals surface area (Å²) < 4.78 is 28.0. The Bertz CT molecular complexity index is 579. The summed E-state index contributed by atoms with van der Waals surface area (Å²) in [5.41, 5.74) is -0.187. The van der Waals surface area contributed by atoms with E-state index in [1.54, 1.807) is 6.92 Å². The van der Waals surface area contributed by atoms with Crippen LogP contribution in [0, 0.1) is 0 Å². The summed E-state index contributed by atoms with van der Waals surface area (Å²) in [6.07, 6.45) is 1.04. The number of halogens is 1. The Hall–Kier alpha value is -1.53. The van der Waals surface area contributed by atoms with Crippen LogP contribution < -0.4 is 4.74 Å². The lowest BCUT2D eigenvalue weighted by atomic mass is 10.2. The number of aromatic carboxylic acids is 1. The van der Waals surface area contributed by atoms with Crippen LogP contribution in [0.3, 0.4) is 0 Å². The van der Waals surface area contributed by atoms with E-state index < -0.39 is 21.1 Å². The second kappa shape index (κ2) is 5.41. The van der Waals surface area contributed by atoms with E-state index in [0.717, 1.165) is 6.07 Å². The van der Waals surface area contributed by atoms with Gasteiger partial charge in [0.05, 0.1) is 5.56 Å². The van der Waals surface area contributed by atoms with E-state index in [9.17, 15) is 13.2 Å². The summed E-state index contributed by atoms with van der Waals surface area (Å²) in [5.74, 6) is -1.26. The number of hydrogen-bond donors (Lipinski definition) is 1. The first-order chi connectivity index (χ1) is 8.25. The molecule has 0 aliphatic heterocycles. The molecule has 1 rings (SSSR count). The highest BCUT2D eigenvalue weighted by Gasteiger charge is 2.20. The van der Waals surface area contributed by atoms with E-state index in [1.165, 1.54) is 18.2 Å². The maximum Gasteiger partial charge on any atom is 0.335 e. The number of carbonyl (C=O) groups is 1. The zero-order chi connectivity index (χ0) is 13.9. The third kappa shape index (κ3) is 3.48. The van der Waals surface area contributed by atoms with Crippen LogP contribution in [0.25, 0.3) is 0 Å². The standard InChI is InChI=1S/C11H11ClO5S/c1-3-7(2)17-9-5-4-8(11(13)14)6-10(9)18(12,15)16/h3-7H,1H2,2H3,(H,13,14). The molecule has 1 aromatic carbocycles. The lowest BCUT2D eigenvalue weighted by Gasteiger charge is -2.13. The molecular formula is C11H11ClO5S. The van der Waals surface area contributed by atoms with Crippen molar-refractivity contribution >= 4 is 25.7 Å². The monoisotopic (exact) mass is 290 g/mol. The third-order valence-electron chi connectivity index (χ3n) is 2.10. The number of carboxylic acid groups (broad SMARTS) is 1. The molecule has 1 N–H and O–H groups in total. The first-order valence-electron chi connectivity index (χ1n) is 4.87. The lowest BCUT2D eigenvalue weighted by Crippen LogP contribution is -2.10. The van der Waals surface area contributed by atoms with Crippen molar-refractivity contribution in [1.82, 2.24) is 0 Å². The normalized spacial score (nSPS) is 12.8. The Labute approximate surface area is 109 Å². The van der Waals surface area contributed by atoms with Crippen molar-refractivity contribution in [3.05, 3.63) is 36.4 Å². The van der Waals surface area contributed by atoms with E-state index in [4.69, 9.17) is 20.5 Å². The maximum atomic E-state index is 11.4. The molecule has 5 nitrogen and oxygen atoms in total. The molecule has 0 spiro atoms. The van der Waals surface area contributed by atoms with E-state index in [1.807, 2.05) is 0 Å². The van der Waals surface area contributed by atoms with E-state index in [-0.39, 0.29) is 16.2 Å². The van der Waals surface area contributed by atoms with Gasteiger partial charge in [0, 0.05) is 10.7 Å². The molecule has 98 valence electrons. The fourth-order valence-electron chi connectivity index (χ4n) is 1.18. The molecule has 18 heavy (non-hydrogen) atoms. The Morgan fingerprint density at radius 1 is 1.56 bits per heavy atom. The smallest absolute Gasteiger partial charge is 0.335 e. The van der Waals surface area contributed by atoms with Gasteiger partial charge in [-0.2, -0.15) is 0 Å². The molecule has 0 amide bonds. The Kier molecular flexibility index (Phi) is 4.37. The zero-order valence-corrected chi connectivity index (χ0v) is 11.0. The quantitative estimate of drug-likeness (QED) is 0.664. The Morgan fingerprint density at radius 2 is 2.17 bits per heavy atom. The van der Waals surface area contributed by atoms with Crippen LogP contribution in [-0.4, -0.2) is 25.6 Å². The average molecular weight is 291 g/mol. The van der Waals surface area contributed by atoms with Crippen LogP contribution in [0.2, 0.25) is 0 Å². The second-order valence-electron chi connectivity index (χ2n) is 3.46. The van der Waals surface area contributed by atoms with Crippen LogP contribution in [-0.2, 0) is 9.05 Å². The molecule has 0 saturated carbocycles. The van der Waals surface area contributed by atoms with Crippen LogP contribution >= 0.6 is 10.7 Å². The van der Waals surface area contributed by atoms with Crippen molar-refractivity contribution in [2.75, 3.05) is 0 Å². The van der Waals surface area contributed by atoms with Crippen molar-refractivity contribution in [3.8, 4) is 5.75 Å². The highest BCUT2D eigenvalue weighted by Crippen LogP contribution is 2.29. The first kappa shape index (κ1) is 14.5. The van der Waals surface area contributed by atoms with Crippen LogP contribution in [0.1, 0.15) is 17.3 Å². The van der Waals surface area contributed by atoms with Gasteiger partial charge in [0.15, 0.2) is 0 Å². The summed E-state index contributed by atoms with van der Waals surface area (Å²) >= 11 is 0. The van der Waals surface area contributed by atoms with Gasteiger partial charge in [0.2, 0.25) is 0 Å². The number of hydrogen-bond acceptors (Lipinski definition) is 4. The molecular weight excluding hydrogens is 280 g/mol. The van der Waals surface area contributed by atoms with Gasteiger partial charge < -0.3 is 9.84 Å². The average Bonchev–Trinajstić information content (AvgIpc) is 2.27. The fraction of sp³-hybridized carbons (Fsp3) is 0.182. The molecule has 0 heterocycles. The molecule has 7 heteroatoms. The van der Waals surface area contributed by atoms with Crippen LogP contribution in [0.4, 0.5) is 0 Å². The zero-order valence-electron chi connectivity index (χ0n) is 9.46. The van der Waals surface area contributed by atoms with Crippen molar-refractivity contribution in [3.63, 3.8) is 0 Å². The topological polar surface area (TPSA) is 80.7 Å². The SMILES string of the molecule is C=CC(C)Oc1ccc(C(=O)O)cc1S(=O)(=O)Cl. The van der Waals surface area contributed by atoms with E-state index >= 15 is 0 Å². The van der Waals surface area contributed by atoms with Crippen LogP contribution in [0.5, 0.6) is 5.75 Å². The molecule has 1 atom stereocenters. The second-order valence-corrected chi connectivity index (χ2v) is 6.00. The first-order valence-corrected chi connectivity index (χ1v) is 7.18. The van der Waals surface area contributed by atoms with Gasteiger partial charge in [-0.25, -0.2) is 13.2 Å². The number of benzene rings is 1. The molecule has 0 fully saturated rings. The predicted molar refractivity (Wildman–Crippen MR) is 66.7 cm³/mol. The van der Waals surface area contributed by atoms with Gasteiger partial charge in [0.25, 0.3) is 9.05 Å². The van der Waals surface area contributed by atoms with Gasteiger partial charge in [-0.3, -0.25) is 0 Å². The molecule has 1 aromatic rings. The minimum absolute atomic E-state index is 0.0117. The largest absolute Gasteiger partial charge is 0.485 e. The molecule has 1 unspecified atom stereocenters. The predicted octanol–water partition coefficient (Wildman–Crippen LogP) is 2.27. The van der Waals surface area contributed by atoms with Gasteiger partial charge >= 0.3 is 5.97 Å². The molecule has 0 saturated heterocycles. The van der Waals surface area contributed by atoms with Crippen molar-refractivity contribution in [2.24, 2.45) is 0 Å². The highest BCUT2D eigenvalue weighted by atomic mass is 35.7. The summed E-state index contributed by atoms with van der Waals surface area (Å²) in [7, 11) is 1.15. The van der Waals surface area contributed by atoms with E-state index in [0.29, 0.717) is 0 Å². The Balaban J connectivity index is 3.35. The molecule has 0 radical (unpaired) electrons. The summed E-state index contributed by atoms with van der Waals surface area (Å²) in [5, 5.41) is 8.80. The minimum atomic E-state index is -4.09. The van der Waals surface area contributed by atoms with Gasteiger partial charge in [0.1, 0.15) is 16.7 Å². The highest BCUT2D eigenvalue weighted by molar-refractivity contribution is 8.13. The summed E-state index contributed by atoms with van der Waals surface area (Å²) in [6.45, 7) is 5.15. The summed E-state index contributed by atoms with van der Waals surface area (Å²) in [4.78, 5) is 10.4. The lowest BCUT2D eigenvalue weighted by molar-refractivity contribution is 0.0696. The third-order valence-corrected chi connectivity index (χ3v) is 3.44. The van der Waals surface area contributed by atoms with Crippen molar-refractivity contribution in [1.29, 1.82) is 0 Å². The van der Waals surface area contributed by atoms with E-state index in [2.05, 4.69) is 6.58 Å².